The summed E-state index contributed by atoms with van der Waals surface area (Å²) in [5.41, 5.74) is 1.62. The smallest absolute Gasteiger partial charge is 0.274 e. The molecule has 1 amide bonds. The molecule has 36 heavy (non-hydrogen) atoms. The van der Waals surface area contributed by atoms with Gasteiger partial charge in [-0.3, -0.25) is 4.79 Å². The van der Waals surface area contributed by atoms with Crippen molar-refractivity contribution in [1.82, 2.24) is 10.2 Å². The van der Waals surface area contributed by atoms with Crippen molar-refractivity contribution in [2.45, 2.75) is 38.6 Å². The molecule has 0 spiro atoms. The van der Waals surface area contributed by atoms with Gasteiger partial charge in [0.2, 0.25) is 0 Å². The molecule has 2 aromatic rings. The fraction of sp³-hybridized carbons (Fsp3) is 0.385. The SMILES string of the molecule is COC=C(N=Nc1ccc(Cl)cc1Cl)OC=Nc1ccc(C(=O)NCCCN2CCCCC2C)cc1. The first kappa shape index (κ1) is 27.6. The Morgan fingerprint density at radius 1 is 1.19 bits per heavy atom. The van der Waals surface area contributed by atoms with E-state index >= 15 is 0 Å². The molecular weight excluding hydrogens is 501 g/mol. The summed E-state index contributed by atoms with van der Waals surface area (Å²) in [6.07, 6.45) is 7.27. The number of likely N-dealkylation sites (tertiary alicyclic amines) is 1. The summed E-state index contributed by atoms with van der Waals surface area (Å²) in [6, 6.07) is 12.4. The number of methoxy groups -OCH3 is 1. The van der Waals surface area contributed by atoms with Gasteiger partial charge in [0.1, 0.15) is 11.9 Å². The number of carbonyl (C=O) groups excluding carboxylic acids is 1. The number of ether oxygens (including phenoxy) is 2. The van der Waals surface area contributed by atoms with Crippen LogP contribution in [0.25, 0.3) is 0 Å². The topological polar surface area (TPSA) is 87.9 Å². The van der Waals surface area contributed by atoms with E-state index in [1.165, 1.54) is 39.0 Å². The van der Waals surface area contributed by atoms with Crippen LogP contribution in [0.5, 0.6) is 0 Å². The van der Waals surface area contributed by atoms with Gasteiger partial charge in [-0.1, -0.05) is 29.6 Å². The summed E-state index contributed by atoms with van der Waals surface area (Å²) >= 11 is 12.0. The molecule has 1 fully saturated rings. The van der Waals surface area contributed by atoms with E-state index in [0.29, 0.717) is 39.6 Å². The van der Waals surface area contributed by atoms with Gasteiger partial charge in [0.25, 0.3) is 11.8 Å². The van der Waals surface area contributed by atoms with Gasteiger partial charge in [-0.25, -0.2) is 4.99 Å². The van der Waals surface area contributed by atoms with Crippen molar-refractivity contribution in [3.8, 4) is 0 Å². The Hall–Kier alpha value is -2.94. The molecule has 1 aliphatic heterocycles. The Bertz CT molecular complexity index is 1090. The molecule has 0 saturated carbocycles. The first-order chi connectivity index (χ1) is 17.5. The van der Waals surface area contributed by atoms with Crippen molar-refractivity contribution in [2.75, 3.05) is 26.7 Å². The van der Waals surface area contributed by atoms with Gasteiger partial charge in [0.15, 0.2) is 6.40 Å². The predicted octanol–water partition coefficient (Wildman–Crippen LogP) is 6.89. The average Bonchev–Trinajstić information content (AvgIpc) is 2.87. The molecule has 10 heteroatoms. The Morgan fingerprint density at radius 2 is 2.00 bits per heavy atom. The molecule has 1 heterocycles. The fourth-order valence-corrected chi connectivity index (χ4v) is 4.20. The van der Waals surface area contributed by atoms with E-state index < -0.39 is 0 Å². The summed E-state index contributed by atoms with van der Waals surface area (Å²) in [7, 11) is 1.46. The quantitative estimate of drug-likeness (QED) is 0.112. The van der Waals surface area contributed by atoms with Gasteiger partial charge in [-0.2, -0.15) is 0 Å². The zero-order valence-electron chi connectivity index (χ0n) is 20.5. The van der Waals surface area contributed by atoms with Crippen LogP contribution in [0.4, 0.5) is 11.4 Å². The summed E-state index contributed by atoms with van der Waals surface area (Å²) < 4.78 is 10.4. The average molecular weight is 532 g/mol. The van der Waals surface area contributed by atoms with Gasteiger partial charge in [-0.05, 0) is 75.2 Å². The fourth-order valence-electron chi connectivity index (χ4n) is 3.76. The highest BCUT2D eigenvalue weighted by Crippen LogP contribution is 2.28. The van der Waals surface area contributed by atoms with Crippen LogP contribution < -0.4 is 5.32 Å². The normalized spacial score (nSPS) is 17.0. The number of amides is 1. The number of piperidine rings is 1. The standard InChI is InChI=1S/C26H31Cl2N5O3/c1-19-6-3-4-14-33(19)15-5-13-29-26(34)20-7-10-22(11-8-20)30-18-36-25(17-35-2)32-31-24-12-9-21(27)16-23(24)28/h7-12,16-19H,3-6,13-15H2,1-2H3,(H,29,34). The highest BCUT2D eigenvalue weighted by atomic mass is 35.5. The minimum atomic E-state index is -0.0972. The Morgan fingerprint density at radius 3 is 2.72 bits per heavy atom. The summed E-state index contributed by atoms with van der Waals surface area (Å²) in [4.78, 5) is 19.2. The summed E-state index contributed by atoms with van der Waals surface area (Å²) in [6.45, 7) is 5.10. The van der Waals surface area contributed by atoms with Crippen molar-refractivity contribution >= 4 is 46.9 Å². The Labute approximate surface area is 222 Å². The van der Waals surface area contributed by atoms with E-state index in [-0.39, 0.29) is 11.8 Å². The first-order valence-corrected chi connectivity index (χ1v) is 12.6. The number of nitrogens with zero attached hydrogens (tertiary/aromatic N) is 4. The molecule has 1 atom stereocenters. The van der Waals surface area contributed by atoms with E-state index in [1.54, 1.807) is 42.5 Å². The largest absolute Gasteiger partial charge is 0.499 e. The monoisotopic (exact) mass is 531 g/mol. The number of nitrogens with one attached hydrogen (secondary N) is 1. The highest BCUT2D eigenvalue weighted by molar-refractivity contribution is 6.36. The third-order valence-corrected chi connectivity index (χ3v) is 6.28. The molecular formula is C26H31Cl2N5O3. The lowest BCUT2D eigenvalue weighted by atomic mass is 10.0. The molecule has 3 rings (SSSR count). The molecule has 0 aromatic heterocycles. The molecule has 192 valence electrons. The van der Waals surface area contributed by atoms with E-state index in [4.69, 9.17) is 32.7 Å². The number of rotatable bonds is 11. The third kappa shape index (κ3) is 8.93. The number of hydrogen-bond donors (Lipinski definition) is 1. The molecule has 1 N–H and O–H groups in total. The van der Waals surface area contributed by atoms with Gasteiger partial charge in [-0.15, -0.1) is 10.2 Å². The van der Waals surface area contributed by atoms with E-state index in [1.807, 2.05) is 0 Å². The number of hydrogen-bond acceptors (Lipinski definition) is 7. The zero-order chi connectivity index (χ0) is 25.8. The second-order valence-corrected chi connectivity index (χ2v) is 9.22. The van der Waals surface area contributed by atoms with Crippen LogP contribution in [-0.4, -0.2) is 50.0 Å². The second-order valence-electron chi connectivity index (χ2n) is 8.38. The minimum absolute atomic E-state index is 0.0715. The van der Waals surface area contributed by atoms with Crippen LogP contribution in [-0.2, 0) is 9.47 Å². The van der Waals surface area contributed by atoms with Crippen molar-refractivity contribution in [2.24, 2.45) is 15.2 Å². The van der Waals surface area contributed by atoms with Crippen LogP contribution in [0.3, 0.4) is 0 Å². The van der Waals surface area contributed by atoms with Crippen LogP contribution in [0, 0.1) is 0 Å². The number of aliphatic imine (C=N–C) groups is 1. The molecule has 0 aliphatic carbocycles. The van der Waals surface area contributed by atoms with Crippen LogP contribution in [0.15, 0.2) is 69.8 Å². The van der Waals surface area contributed by atoms with Crippen LogP contribution >= 0.6 is 23.2 Å². The number of benzene rings is 2. The maximum atomic E-state index is 12.4. The van der Waals surface area contributed by atoms with Gasteiger partial charge >= 0.3 is 0 Å². The molecule has 1 aliphatic rings. The zero-order valence-corrected chi connectivity index (χ0v) is 22.0. The Kier molecular flexibility index (Phi) is 11.2. The van der Waals surface area contributed by atoms with Gasteiger partial charge in [0.05, 0.1) is 17.8 Å². The molecule has 2 aromatic carbocycles. The van der Waals surface area contributed by atoms with Gasteiger partial charge < -0.3 is 19.7 Å². The number of azo groups is 1. The number of halogens is 2. The van der Waals surface area contributed by atoms with Crippen molar-refractivity contribution in [3.05, 3.63) is 70.2 Å². The summed E-state index contributed by atoms with van der Waals surface area (Å²) in [5, 5.41) is 11.9. The van der Waals surface area contributed by atoms with Crippen molar-refractivity contribution in [3.63, 3.8) is 0 Å². The lowest BCUT2D eigenvalue weighted by Crippen LogP contribution is -2.39. The molecule has 0 bridgehead atoms. The van der Waals surface area contributed by atoms with Crippen molar-refractivity contribution in [1.29, 1.82) is 0 Å². The predicted molar refractivity (Wildman–Crippen MR) is 144 cm³/mol. The van der Waals surface area contributed by atoms with E-state index in [0.717, 1.165) is 19.5 Å². The first-order valence-electron chi connectivity index (χ1n) is 11.9. The third-order valence-electron chi connectivity index (χ3n) is 5.74. The minimum Gasteiger partial charge on any atom is -0.499 e. The molecule has 0 radical (unpaired) electrons. The highest BCUT2D eigenvalue weighted by Gasteiger charge is 2.17. The lowest BCUT2D eigenvalue weighted by molar-refractivity contribution is 0.0949. The van der Waals surface area contributed by atoms with Crippen molar-refractivity contribution < 1.29 is 14.3 Å². The lowest BCUT2D eigenvalue weighted by Gasteiger charge is -2.33. The molecule has 1 unspecified atom stereocenters. The van der Waals surface area contributed by atoms with Crippen LogP contribution in [0.1, 0.15) is 43.0 Å². The van der Waals surface area contributed by atoms with E-state index in [2.05, 4.69) is 32.4 Å². The maximum Gasteiger partial charge on any atom is 0.274 e. The van der Waals surface area contributed by atoms with Gasteiger partial charge in [0, 0.05) is 29.7 Å². The molecule has 1 saturated heterocycles. The number of carbonyl (C=O) groups is 1. The molecule has 8 nitrogen and oxygen atoms in total. The Balaban J connectivity index is 1.46. The summed E-state index contributed by atoms with van der Waals surface area (Å²) in [5.74, 6) is -0.0257. The second kappa shape index (κ2) is 14.6. The maximum absolute atomic E-state index is 12.4. The van der Waals surface area contributed by atoms with Crippen LogP contribution in [0.2, 0.25) is 10.0 Å². The van der Waals surface area contributed by atoms with E-state index in [9.17, 15) is 4.79 Å².